The molecule has 1 atom stereocenters. The van der Waals surface area contributed by atoms with E-state index in [-0.39, 0.29) is 11.8 Å². The number of hydrogen-bond donors (Lipinski definition) is 1. The van der Waals surface area contributed by atoms with E-state index in [1.807, 2.05) is 44.1 Å². The van der Waals surface area contributed by atoms with E-state index in [1.54, 1.807) is 14.2 Å². The maximum Gasteiger partial charge on any atom is 0.220 e. The molecule has 1 amide bonds. The lowest BCUT2D eigenvalue weighted by atomic mass is 9.96. The number of amides is 1. The topological polar surface area (TPSA) is 50.8 Å². The first-order chi connectivity index (χ1) is 9.97. The minimum absolute atomic E-state index is 0.0576. The molecule has 0 aliphatic carbocycles. The van der Waals surface area contributed by atoms with Gasteiger partial charge in [-0.3, -0.25) is 4.79 Å². The van der Waals surface area contributed by atoms with Gasteiger partial charge in [-0.1, -0.05) is 13.0 Å². The Morgan fingerprint density at radius 3 is 2.57 bits per heavy atom. The quantitative estimate of drug-likeness (QED) is 0.795. The molecule has 1 unspecified atom stereocenters. The molecule has 21 heavy (non-hydrogen) atoms. The predicted molar refractivity (Wildman–Crippen MR) is 84.1 cm³/mol. The molecule has 0 heterocycles. The molecule has 0 radical (unpaired) electrons. The number of nitrogens with zero attached hydrogens (tertiary/aromatic N) is 1. The van der Waals surface area contributed by atoms with Gasteiger partial charge in [0, 0.05) is 25.6 Å². The van der Waals surface area contributed by atoms with Gasteiger partial charge in [-0.25, -0.2) is 0 Å². The highest BCUT2D eigenvalue weighted by Crippen LogP contribution is 2.31. The van der Waals surface area contributed by atoms with E-state index in [4.69, 9.17) is 9.47 Å². The van der Waals surface area contributed by atoms with Gasteiger partial charge < -0.3 is 19.7 Å². The first kappa shape index (κ1) is 17.3. The third-order valence-electron chi connectivity index (χ3n) is 3.34. The zero-order chi connectivity index (χ0) is 15.8. The van der Waals surface area contributed by atoms with Crippen LogP contribution in [-0.2, 0) is 4.79 Å². The van der Waals surface area contributed by atoms with Gasteiger partial charge in [0.1, 0.15) is 11.5 Å². The molecular formula is C16H26N2O3. The number of ether oxygens (including phenoxy) is 2. The van der Waals surface area contributed by atoms with E-state index in [0.29, 0.717) is 13.0 Å². The molecular weight excluding hydrogens is 268 g/mol. The van der Waals surface area contributed by atoms with Crippen LogP contribution in [0, 0.1) is 0 Å². The van der Waals surface area contributed by atoms with Crippen LogP contribution in [0.2, 0.25) is 0 Å². The highest BCUT2D eigenvalue weighted by Gasteiger charge is 2.16. The molecule has 5 nitrogen and oxygen atoms in total. The van der Waals surface area contributed by atoms with Crippen molar-refractivity contribution in [3.63, 3.8) is 0 Å². The van der Waals surface area contributed by atoms with Crippen LogP contribution in [0.3, 0.4) is 0 Å². The zero-order valence-corrected chi connectivity index (χ0v) is 13.6. The van der Waals surface area contributed by atoms with Crippen molar-refractivity contribution in [2.45, 2.75) is 19.3 Å². The number of likely N-dealkylation sites (N-methyl/N-ethyl adjacent to an activating group) is 1. The van der Waals surface area contributed by atoms with Crippen LogP contribution in [0.4, 0.5) is 0 Å². The Balaban J connectivity index is 2.62. The first-order valence-corrected chi connectivity index (χ1v) is 7.11. The van der Waals surface area contributed by atoms with Crippen LogP contribution in [0.5, 0.6) is 11.5 Å². The number of nitrogens with one attached hydrogen (secondary N) is 1. The van der Waals surface area contributed by atoms with Crippen molar-refractivity contribution in [2.75, 3.05) is 41.4 Å². The molecule has 1 N–H and O–H groups in total. The third-order valence-corrected chi connectivity index (χ3v) is 3.34. The Kier molecular flexibility index (Phi) is 7.02. The van der Waals surface area contributed by atoms with Gasteiger partial charge in [0.25, 0.3) is 0 Å². The summed E-state index contributed by atoms with van der Waals surface area (Å²) >= 11 is 0. The highest BCUT2D eigenvalue weighted by atomic mass is 16.5. The number of hydrogen-bond acceptors (Lipinski definition) is 4. The monoisotopic (exact) mass is 294 g/mol. The fourth-order valence-corrected chi connectivity index (χ4v) is 2.10. The Bertz CT molecular complexity index is 461. The minimum Gasteiger partial charge on any atom is -0.497 e. The van der Waals surface area contributed by atoms with Crippen molar-refractivity contribution in [3.8, 4) is 11.5 Å². The Morgan fingerprint density at radius 1 is 1.29 bits per heavy atom. The maximum absolute atomic E-state index is 11.9. The van der Waals surface area contributed by atoms with E-state index in [1.165, 1.54) is 0 Å². The molecule has 0 fully saturated rings. The van der Waals surface area contributed by atoms with Crippen molar-refractivity contribution >= 4 is 5.91 Å². The number of benzene rings is 1. The first-order valence-electron chi connectivity index (χ1n) is 7.11. The second kappa shape index (κ2) is 8.52. The molecule has 1 aromatic carbocycles. The number of methoxy groups -OCH3 is 2. The smallest absolute Gasteiger partial charge is 0.220 e. The largest absolute Gasteiger partial charge is 0.497 e. The summed E-state index contributed by atoms with van der Waals surface area (Å²) in [6, 6.07) is 5.68. The Hall–Kier alpha value is -1.75. The summed E-state index contributed by atoms with van der Waals surface area (Å²) in [4.78, 5) is 14.0. The Labute approximate surface area is 127 Å². The summed E-state index contributed by atoms with van der Waals surface area (Å²) in [6.07, 6.45) is 0.441. The van der Waals surface area contributed by atoms with Gasteiger partial charge in [0.05, 0.1) is 14.2 Å². The molecule has 0 saturated carbocycles. The van der Waals surface area contributed by atoms with Crippen LogP contribution < -0.4 is 14.8 Å². The van der Waals surface area contributed by atoms with E-state index >= 15 is 0 Å². The molecule has 0 aromatic heterocycles. The maximum atomic E-state index is 11.9. The molecule has 118 valence electrons. The van der Waals surface area contributed by atoms with Crippen LogP contribution >= 0.6 is 0 Å². The van der Waals surface area contributed by atoms with E-state index in [2.05, 4.69) is 5.32 Å². The summed E-state index contributed by atoms with van der Waals surface area (Å²) in [5.41, 5.74) is 1.01. The van der Waals surface area contributed by atoms with Gasteiger partial charge in [-0.05, 0) is 31.6 Å². The summed E-state index contributed by atoms with van der Waals surface area (Å²) in [6.45, 7) is 3.53. The molecule has 1 aromatic rings. The molecule has 0 spiro atoms. The molecule has 1 rings (SSSR count). The molecule has 0 bridgehead atoms. The second-order valence-corrected chi connectivity index (χ2v) is 5.37. The van der Waals surface area contributed by atoms with Crippen molar-refractivity contribution in [1.82, 2.24) is 10.2 Å². The predicted octanol–water partition coefficient (Wildman–Crippen LogP) is 1.88. The second-order valence-electron chi connectivity index (χ2n) is 5.37. The SMILES string of the molecule is COc1ccc(C(C)CC(=O)NCCN(C)C)c(OC)c1. The summed E-state index contributed by atoms with van der Waals surface area (Å²) in [7, 11) is 7.21. The van der Waals surface area contributed by atoms with Gasteiger partial charge >= 0.3 is 0 Å². The zero-order valence-electron chi connectivity index (χ0n) is 13.6. The van der Waals surface area contributed by atoms with Crippen molar-refractivity contribution in [2.24, 2.45) is 0 Å². The molecule has 5 heteroatoms. The van der Waals surface area contributed by atoms with Crippen molar-refractivity contribution in [1.29, 1.82) is 0 Å². The summed E-state index contributed by atoms with van der Waals surface area (Å²) < 4.78 is 10.6. The Morgan fingerprint density at radius 2 is 2.00 bits per heavy atom. The van der Waals surface area contributed by atoms with Gasteiger partial charge in [-0.2, -0.15) is 0 Å². The average molecular weight is 294 g/mol. The molecule has 0 aliphatic rings. The van der Waals surface area contributed by atoms with E-state index in [9.17, 15) is 4.79 Å². The summed E-state index contributed by atoms with van der Waals surface area (Å²) in [5, 5.41) is 2.93. The van der Waals surface area contributed by atoms with Crippen LogP contribution in [0.15, 0.2) is 18.2 Å². The minimum atomic E-state index is 0.0576. The highest BCUT2D eigenvalue weighted by molar-refractivity contribution is 5.77. The van der Waals surface area contributed by atoms with Crippen molar-refractivity contribution < 1.29 is 14.3 Å². The van der Waals surface area contributed by atoms with Crippen LogP contribution in [0.25, 0.3) is 0 Å². The summed E-state index contributed by atoms with van der Waals surface area (Å²) in [5.74, 6) is 1.65. The fourth-order valence-electron chi connectivity index (χ4n) is 2.10. The fraction of sp³-hybridized carbons (Fsp3) is 0.562. The van der Waals surface area contributed by atoms with Gasteiger partial charge in [-0.15, -0.1) is 0 Å². The standard InChI is InChI=1S/C16H26N2O3/c1-12(10-16(19)17-8-9-18(2)3)14-7-6-13(20-4)11-15(14)21-5/h6-7,11-12H,8-10H2,1-5H3,(H,17,19). The van der Waals surface area contributed by atoms with E-state index in [0.717, 1.165) is 23.6 Å². The molecule has 0 aliphatic heterocycles. The number of carbonyl (C=O) groups excluding carboxylic acids is 1. The van der Waals surface area contributed by atoms with Gasteiger partial charge in [0.15, 0.2) is 0 Å². The number of rotatable bonds is 8. The normalized spacial score (nSPS) is 12.1. The number of carbonyl (C=O) groups is 1. The van der Waals surface area contributed by atoms with E-state index < -0.39 is 0 Å². The third kappa shape index (κ3) is 5.63. The van der Waals surface area contributed by atoms with Gasteiger partial charge in [0.2, 0.25) is 5.91 Å². The lowest BCUT2D eigenvalue weighted by Gasteiger charge is -2.17. The van der Waals surface area contributed by atoms with Crippen LogP contribution in [-0.4, -0.2) is 52.2 Å². The lowest BCUT2D eigenvalue weighted by Crippen LogP contribution is -2.31. The van der Waals surface area contributed by atoms with Crippen LogP contribution in [0.1, 0.15) is 24.8 Å². The average Bonchev–Trinajstić information content (AvgIpc) is 2.45. The molecule has 0 saturated heterocycles. The lowest BCUT2D eigenvalue weighted by molar-refractivity contribution is -0.121. The van der Waals surface area contributed by atoms with Crippen molar-refractivity contribution in [3.05, 3.63) is 23.8 Å².